The molecule has 0 aliphatic heterocycles. The zero-order valence-corrected chi connectivity index (χ0v) is 18.5. The molecule has 3 aromatic rings. The third kappa shape index (κ3) is 4.58. The van der Waals surface area contributed by atoms with Gasteiger partial charge in [0.25, 0.3) is 0 Å². The fraction of sp³-hybridized carbons (Fsp3) is 0.364. The first-order valence-electron chi connectivity index (χ1n) is 10.0. The maximum Gasteiger partial charge on any atom is 0.235 e. The lowest BCUT2D eigenvalue weighted by Crippen LogP contribution is -2.14. The van der Waals surface area contributed by atoms with E-state index in [1.54, 1.807) is 11.3 Å². The number of carbonyl (C=O) groups excluding carboxylic acids is 1. The molecular formula is C22H23N5OS2. The van der Waals surface area contributed by atoms with E-state index in [0.29, 0.717) is 22.1 Å². The molecule has 6 nitrogen and oxygen atoms in total. The van der Waals surface area contributed by atoms with Crippen molar-refractivity contribution in [3.63, 3.8) is 0 Å². The van der Waals surface area contributed by atoms with Crippen molar-refractivity contribution in [2.45, 2.75) is 43.7 Å². The second-order valence-electron chi connectivity index (χ2n) is 7.34. The number of nitriles is 1. The number of hydrogen-bond donors (Lipinski definition) is 1. The van der Waals surface area contributed by atoms with Crippen LogP contribution < -0.4 is 5.32 Å². The molecule has 1 aromatic carbocycles. The summed E-state index contributed by atoms with van der Waals surface area (Å²) >= 11 is 2.92. The van der Waals surface area contributed by atoms with E-state index in [1.165, 1.54) is 28.6 Å². The molecule has 0 saturated carbocycles. The molecule has 2 aromatic heterocycles. The van der Waals surface area contributed by atoms with Gasteiger partial charge in [-0.1, -0.05) is 48.5 Å². The number of amides is 1. The van der Waals surface area contributed by atoms with Gasteiger partial charge in [0.15, 0.2) is 5.16 Å². The van der Waals surface area contributed by atoms with Gasteiger partial charge in [0.05, 0.1) is 11.3 Å². The highest BCUT2D eigenvalue weighted by molar-refractivity contribution is 7.99. The van der Waals surface area contributed by atoms with Gasteiger partial charge in [-0.15, -0.1) is 21.5 Å². The highest BCUT2D eigenvalue weighted by Gasteiger charge is 2.21. The molecule has 0 unspecified atom stereocenters. The van der Waals surface area contributed by atoms with E-state index < -0.39 is 0 Å². The number of fused-ring (bicyclic) bond motifs is 1. The van der Waals surface area contributed by atoms with E-state index in [0.717, 1.165) is 37.1 Å². The van der Waals surface area contributed by atoms with Crippen LogP contribution in [0.15, 0.2) is 35.5 Å². The van der Waals surface area contributed by atoms with E-state index in [1.807, 2.05) is 29.8 Å². The molecule has 30 heavy (non-hydrogen) atoms. The number of nitrogens with zero attached hydrogens (tertiary/aromatic N) is 4. The van der Waals surface area contributed by atoms with Crippen molar-refractivity contribution >= 4 is 34.0 Å². The number of aryl methyl sites for hydroxylation is 1. The first-order valence-corrected chi connectivity index (χ1v) is 11.9. The van der Waals surface area contributed by atoms with Gasteiger partial charge in [0, 0.05) is 18.3 Å². The number of benzene rings is 1. The summed E-state index contributed by atoms with van der Waals surface area (Å²) in [5.74, 6) is 0.962. The molecule has 8 heteroatoms. The van der Waals surface area contributed by atoms with Gasteiger partial charge in [-0.2, -0.15) is 5.26 Å². The number of aromatic nitrogens is 3. The number of hydrogen-bond acceptors (Lipinski definition) is 6. The normalized spacial score (nSPS) is 13.3. The van der Waals surface area contributed by atoms with Gasteiger partial charge in [-0.3, -0.25) is 4.79 Å². The van der Waals surface area contributed by atoms with Crippen LogP contribution in [0.3, 0.4) is 0 Å². The fourth-order valence-corrected chi connectivity index (χ4v) is 5.63. The number of rotatable bonds is 6. The Balaban J connectivity index is 1.38. The van der Waals surface area contributed by atoms with Crippen molar-refractivity contribution in [3.05, 3.63) is 57.7 Å². The van der Waals surface area contributed by atoms with Gasteiger partial charge in [-0.25, -0.2) is 0 Å². The van der Waals surface area contributed by atoms with Crippen LogP contribution in [0.2, 0.25) is 0 Å². The minimum absolute atomic E-state index is 0.125. The van der Waals surface area contributed by atoms with Gasteiger partial charge >= 0.3 is 0 Å². The summed E-state index contributed by atoms with van der Waals surface area (Å²) in [6, 6.07) is 12.4. The topological polar surface area (TPSA) is 83.6 Å². The van der Waals surface area contributed by atoms with E-state index in [2.05, 4.69) is 33.7 Å². The van der Waals surface area contributed by atoms with Crippen molar-refractivity contribution in [3.8, 4) is 6.07 Å². The highest BCUT2D eigenvalue weighted by atomic mass is 32.2. The molecule has 0 saturated heterocycles. The zero-order valence-electron chi connectivity index (χ0n) is 16.9. The Morgan fingerprint density at radius 2 is 2.03 bits per heavy atom. The van der Waals surface area contributed by atoms with E-state index >= 15 is 0 Å². The van der Waals surface area contributed by atoms with Crippen LogP contribution in [0.25, 0.3) is 0 Å². The molecule has 0 atom stereocenters. The lowest BCUT2D eigenvalue weighted by molar-refractivity contribution is -0.113. The first kappa shape index (κ1) is 20.6. The smallest absolute Gasteiger partial charge is 0.235 e. The Morgan fingerprint density at radius 1 is 1.23 bits per heavy atom. The molecule has 2 heterocycles. The molecule has 0 spiro atoms. The fourth-order valence-electron chi connectivity index (χ4n) is 3.64. The van der Waals surface area contributed by atoms with Gasteiger partial charge < -0.3 is 9.88 Å². The van der Waals surface area contributed by atoms with Crippen LogP contribution in [0.1, 0.15) is 46.7 Å². The number of thioether (sulfide) groups is 1. The van der Waals surface area contributed by atoms with Gasteiger partial charge in [0.2, 0.25) is 5.91 Å². The van der Waals surface area contributed by atoms with E-state index in [4.69, 9.17) is 0 Å². The first-order chi connectivity index (χ1) is 14.7. The maximum absolute atomic E-state index is 12.6. The predicted octanol–water partition coefficient (Wildman–Crippen LogP) is 4.34. The third-order valence-electron chi connectivity index (χ3n) is 5.25. The highest BCUT2D eigenvalue weighted by Crippen LogP contribution is 2.37. The Morgan fingerprint density at radius 3 is 2.83 bits per heavy atom. The quantitative estimate of drug-likeness (QED) is 0.458. The lowest BCUT2D eigenvalue weighted by atomic mass is 10.1. The summed E-state index contributed by atoms with van der Waals surface area (Å²) in [7, 11) is 1.92. The molecule has 4 rings (SSSR count). The summed E-state index contributed by atoms with van der Waals surface area (Å²) in [6.07, 6.45) is 6.10. The molecule has 1 aliphatic carbocycles. The largest absolute Gasteiger partial charge is 0.316 e. The van der Waals surface area contributed by atoms with Crippen LogP contribution in [0.5, 0.6) is 0 Å². The Bertz CT molecular complexity index is 1080. The van der Waals surface area contributed by atoms with Crippen molar-refractivity contribution in [2.24, 2.45) is 7.05 Å². The average Bonchev–Trinajstić information content (AvgIpc) is 3.16. The second-order valence-corrected chi connectivity index (χ2v) is 9.39. The van der Waals surface area contributed by atoms with Crippen LogP contribution in [-0.4, -0.2) is 26.4 Å². The summed E-state index contributed by atoms with van der Waals surface area (Å²) < 4.78 is 1.93. The number of carbonyl (C=O) groups is 1. The molecule has 0 fully saturated rings. The van der Waals surface area contributed by atoms with Crippen molar-refractivity contribution in [1.29, 1.82) is 5.26 Å². The molecule has 0 bridgehead atoms. The number of anilines is 1. The summed E-state index contributed by atoms with van der Waals surface area (Å²) in [4.78, 5) is 13.8. The summed E-state index contributed by atoms with van der Waals surface area (Å²) in [5, 5.41) is 22.5. The van der Waals surface area contributed by atoms with E-state index in [9.17, 15) is 10.1 Å². The van der Waals surface area contributed by atoms with Crippen molar-refractivity contribution in [2.75, 3.05) is 11.1 Å². The SMILES string of the molecule is Cn1c(Cc2ccccc2)nnc1SCC(=O)Nc1sc2c(c1C#N)CCCCC2. The minimum atomic E-state index is -0.125. The number of nitrogens with one attached hydrogen (secondary N) is 1. The molecule has 1 aliphatic rings. The third-order valence-corrected chi connectivity index (χ3v) is 7.48. The zero-order chi connectivity index (χ0) is 20.9. The standard InChI is InChI=1S/C22H23N5OS2/c1-27-19(12-15-8-4-2-5-9-15)25-26-22(27)29-14-20(28)24-21-17(13-23)16-10-6-3-7-11-18(16)30-21/h2,4-5,8-9H,3,6-7,10-12,14H2,1H3,(H,24,28). The Hall–Kier alpha value is -2.63. The van der Waals surface area contributed by atoms with E-state index in [-0.39, 0.29) is 11.7 Å². The number of thiophene rings is 1. The average molecular weight is 438 g/mol. The molecule has 0 radical (unpaired) electrons. The Labute approximate surface area is 184 Å². The second kappa shape index (κ2) is 9.45. The molecular weight excluding hydrogens is 414 g/mol. The van der Waals surface area contributed by atoms with Gasteiger partial charge in [0.1, 0.15) is 16.9 Å². The minimum Gasteiger partial charge on any atom is -0.316 e. The Kier molecular flexibility index (Phi) is 6.50. The van der Waals surface area contributed by atoms with Crippen LogP contribution in [0, 0.1) is 11.3 Å². The molecule has 154 valence electrons. The van der Waals surface area contributed by atoms with Crippen molar-refractivity contribution in [1.82, 2.24) is 14.8 Å². The van der Waals surface area contributed by atoms with Gasteiger partial charge in [-0.05, 0) is 36.8 Å². The van der Waals surface area contributed by atoms with Crippen molar-refractivity contribution < 1.29 is 4.79 Å². The van der Waals surface area contributed by atoms with Crippen LogP contribution >= 0.6 is 23.1 Å². The lowest BCUT2D eigenvalue weighted by Gasteiger charge is -2.05. The monoisotopic (exact) mass is 437 g/mol. The molecule has 1 amide bonds. The maximum atomic E-state index is 12.6. The van der Waals surface area contributed by atoms with Crippen LogP contribution in [0.4, 0.5) is 5.00 Å². The predicted molar refractivity (Wildman–Crippen MR) is 120 cm³/mol. The molecule has 1 N–H and O–H groups in total. The summed E-state index contributed by atoms with van der Waals surface area (Å²) in [6.45, 7) is 0. The summed E-state index contributed by atoms with van der Waals surface area (Å²) in [5.41, 5.74) is 2.96. The van der Waals surface area contributed by atoms with Crippen LogP contribution in [-0.2, 0) is 31.1 Å².